The molecule has 1 aliphatic rings. The maximum absolute atomic E-state index is 12.4. The number of carbonyl (C=O) groups is 2. The van der Waals surface area contributed by atoms with Crippen LogP contribution in [-0.4, -0.2) is 47.2 Å². The average molecular weight is 293 g/mol. The largest absolute Gasteiger partial charge is 0.504 e. The van der Waals surface area contributed by atoms with Gasteiger partial charge in [-0.05, 0) is 31.9 Å². The van der Waals surface area contributed by atoms with E-state index in [1.54, 1.807) is 24.0 Å². The standard InChI is InChI=1S/C15H19NO5/c1-15(14(19)20)6-8-16(9-7-15)13(18)10-4-3-5-11(21-2)12(10)17/h3-5,17H,6-9H2,1-2H3,(H,19,20). The van der Waals surface area contributed by atoms with Crippen molar-refractivity contribution in [2.75, 3.05) is 20.2 Å². The first-order chi connectivity index (χ1) is 9.89. The average Bonchev–Trinajstić information content (AvgIpc) is 2.47. The molecule has 1 aliphatic heterocycles. The number of phenolic OH excluding ortho intramolecular Hbond substituents is 1. The number of ether oxygens (including phenoxy) is 1. The van der Waals surface area contributed by atoms with Crippen molar-refractivity contribution >= 4 is 11.9 Å². The van der Waals surface area contributed by atoms with Gasteiger partial charge in [-0.25, -0.2) is 0 Å². The van der Waals surface area contributed by atoms with Gasteiger partial charge in [0.25, 0.3) is 5.91 Å². The summed E-state index contributed by atoms with van der Waals surface area (Å²) in [5, 5.41) is 19.2. The Bertz CT molecular complexity index is 561. The van der Waals surface area contributed by atoms with Gasteiger partial charge in [-0.1, -0.05) is 6.07 Å². The number of rotatable bonds is 3. The Hall–Kier alpha value is -2.24. The van der Waals surface area contributed by atoms with E-state index in [9.17, 15) is 19.8 Å². The van der Waals surface area contributed by atoms with Crippen LogP contribution in [0.3, 0.4) is 0 Å². The minimum absolute atomic E-state index is 0.174. The highest BCUT2D eigenvalue weighted by molar-refractivity contribution is 5.97. The smallest absolute Gasteiger partial charge is 0.309 e. The molecule has 6 heteroatoms. The van der Waals surface area contributed by atoms with Crippen molar-refractivity contribution in [3.8, 4) is 11.5 Å². The maximum Gasteiger partial charge on any atom is 0.309 e. The minimum atomic E-state index is -0.834. The predicted octanol–water partition coefficient (Wildman–Crippen LogP) is 1.73. The molecular formula is C15H19NO5. The SMILES string of the molecule is COc1cccc(C(=O)N2CCC(C)(C(=O)O)CC2)c1O. The van der Waals surface area contributed by atoms with Crippen LogP contribution in [0, 0.1) is 5.41 Å². The molecule has 0 atom stereocenters. The number of likely N-dealkylation sites (tertiary alicyclic amines) is 1. The summed E-state index contributed by atoms with van der Waals surface area (Å²) in [4.78, 5) is 25.2. The summed E-state index contributed by atoms with van der Waals surface area (Å²) in [6.45, 7) is 2.41. The van der Waals surface area contributed by atoms with Crippen LogP contribution in [0.1, 0.15) is 30.1 Å². The second-order valence-electron chi connectivity index (χ2n) is 5.51. The summed E-state index contributed by atoms with van der Waals surface area (Å²) < 4.78 is 4.99. The van der Waals surface area contributed by atoms with Gasteiger partial charge in [0.1, 0.15) is 0 Å². The van der Waals surface area contributed by atoms with Gasteiger partial charge < -0.3 is 19.8 Å². The monoisotopic (exact) mass is 293 g/mol. The normalized spacial score (nSPS) is 17.3. The third-order valence-electron chi connectivity index (χ3n) is 4.12. The van der Waals surface area contributed by atoms with Crippen molar-refractivity contribution in [3.05, 3.63) is 23.8 Å². The van der Waals surface area contributed by atoms with E-state index in [0.29, 0.717) is 25.9 Å². The number of aromatic hydroxyl groups is 1. The second kappa shape index (κ2) is 5.63. The van der Waals surface area contributed by atoms with Crippen LogP contribution in [0.25, 0.3) is 0 Å². The lowest BCUT2D eigenvalue weighted by atomic mass is 9.80. The van der Waals surface area contributed by atoms with E-state index in [0.717, 1.165) is 0 Å². The van der Waals surface area contributed by atoms with Crippen molar-refractivity contribution in [2.45, 2.75) is 19.8 Å². The number of phenols is 1. The molecule has 6 nitrogen and oxygen atoms in total. The Morgan fingerprint density at radius 1 is 1.29 bits per heavy atom. The number of hydrogen-bond donors (Lipinski definition) is 2. The molecule has 2 rings (SSSR count). The number of hydrogen-bond acceptors (Lipinski definition) is 4. The van der Waals surface area contributed by atoms with E-state index in [4.69, 9.17) is 4.74 Å². The third kappa shape index (κ3) is 2.79. The van der Waals surface area contributed by atoms with Crippen molar-refractivity contribution < 1.29 is 24.5 Å². The molecule has 0 bridgehead atoms. The molecule has 1 saturated heterocycles. The van der Waals surface area contributed by atoms with E-state index < -0.39 is 11.4 Å². The van der Waals surface area contributed by atoms with Crippen molar-refractivity contribution in [2.24, 2.45) is 5.41 Å². The van der Waals surface area contributed by atoms with E-state index >= 15 is 0 Å². The zero-order valence-corrected chi connectivity index (χ0v) is 12.1. The van der Waals surface area contributed by atoms with Crippen LogP contribution in [0.2, 0.25) is 0 Å². The van der Waals surface area contributed by atoms with Crippen LogP contribution in [0.15, 0.2) is 18.2 Å². The van der Waals surface area contributed by atoms with Gasteiger partial charge in [-0.2, -0.15) is 0 Å². The summed E-state index contributed by atoms with van der Waals surface area (Å²) in [6, 6.07) is 4.74. The Labute approximate surface area is 122 Å². The van der Waals surface area contributed by atoms with Gasteiger partial charge in [0.15, 0.2) is 11.5 Å². The molecule has 1 heterocycles. The first-order valence-electron chi connectivity index (χ1n) is 6.78. The molecular weight excluding hydrogens is 274 g/mol. The summed E-state index contributed by atoms with van der Waals surface area (Å²) in [5.74, 6) is -1.08. The fourth-order valence-corrected chi connectivity index (χ4v) is 2.45. The number of carboxylic acids is 1. The van der Waals surface area contributed by atoms with Crippen LogP contribution < -0.4 is 4.74 Å². The quantitative estimate of drug-likeness (QED) is 0.886. The fourth-order valence-electron chi connectivity index (χ4n) is 2.45. The van der Waals surface area contributed by atoms with Gasteiger partial charge in [0.05, 0.1) is 18.1 Å². The van der Waals surface area contributed by atoms with Gasteiger partial charge in [0.2, 0.25) is 0 Å². The van der Waals surface area contributed by atoms with E-state index in [-0.39, 0.29) is 23.0 Å². The van der Waals surface area contributed by atoms with Crippen LogP contribution in [0.5, 0.6) is 11.5 Å². The molecule has 0 unspecified atom stereocenters. The number of methoxy groups -OCH3 is 1. The highest BCUT2D eigenvalue weighted by Gasteiger charge is 2.38. The third-order valence-corrected chi connectivity index (χ3v) is 4.12. The molecule has 1 aromatic rings. The Kier molecular flexibility index (Phi) is 4.06. The Morgan fingerprint density at radius 3 is 2.43 bits per heavy atom. The Balaban J connectivity index is 2.14. The van der Waals surface area contributed by atoms with Gasteiger partial charge in [-0.15, -0.1) is 0 Å². The van der Waals surface area contributed by atoms with Crippen LogP contribution in [-0.2, 0) is 4.79 Å². The zero-order valence-electron chi connectivity index (χ0n) is 12.1. The highest BCUT2D eigenvalue weighted by Crippen LogP contribution is 2.34. The summed E-state index contributed by atoms with van der Waals surface area (Å²) >= 11 is 0. The lowest BCUT2D eigenvalue weighted by Crippen LogP contribution is -2.45. The molecule has 0 radical (unpaired) electrons. The number of benzene rings is 1. The van der Waals surface area contributed by atoms with Gasteiger partial charge in [0, 0.05) is 13.1 Å². The summed E-state index contributed by atoms with van der Waals surface area (Å²) in [7, 11) is 1.42. The lowest BCUT2D eigenvalue weighted by molar-refractivity contribution is -0.150. The maximum atomic E-state index is 12.4. The van der Waals surface area contributed by atoms with Crippen LogP contribution >= 0.6 is 0 Å². The van der Waals surface area contributed by atoms with Crippen LogP contribution in [0.4, 0.5) is 0 Å². The molecule has 0 spiro atoms. The first kappa shape index (κ1) is 15.2. The number of carbonyl (C=O) groups excluding carboxylic acids is 1. The molecule has 21 heavy (non-hydrogen) atoms. The fraction of sp³-hybridized carbons (Fsp3) is 0.467. The Morgan fingerprint density at radius 2 is 1.90 bits per heavy atom. The molecule has 2 N–H and O–H groups in total. The van der Waals surface area contributed by atoms with Crippen molar-refractivity contribution in [3.63, 3.8) is 0 Å². The van der Waals surface area contributed by atoms with Gasteiger partial charge >= 0.3 is 5.97 Å². The van der Waals surface area contributed by atoms with E-state index in [1.165, 1.54) is 13.2 Å². The zero-order chi connectivity index (χ0) is 15.6. The minimum Gasteiger partial charge on any atom is -0.504 e. The molecule has 1 fully saturated rings. The number of piperidine rings is 1. The summed E-state index contributed by atoms with van der Waals surface area (Å²) in [5.41, 5.74) is -0.610. The second-order valence-corrected chi connectivity index (χ2v) is 5.51. The topological polar surface area (TPSA) is 87.1 Å². The highest BCUT2D eigenvalue weighted by atomic mass is 16.5. The molecule has 0 aliphatic carbocycles. The lowest BCUT2D eigenvalue weighted by Gasteiger charge is -2.36. The first-order valence-corrected chi connectivity index (χ1v) is 6.78. The molecule has 1 amide bonds. The number of nitrogens with zero attached hydrogens (tertiary/aromatic N) is 1. The molecule has 114 valence electrons. The number of para-hydroxylation sites is 1. The number of aliphatic carboxylic acids is 1. The van der Waals surface area contributed by atoms with E-state index in [1.807, 2.05) is 0 Å². The predicted molar refractivity (Wildman–Crippen MR) is 75.5 cm³/mol. The van der Waals surface area contributed by atoms with Crippen molar-refractivity contribution in [1.29, 1.82) is 0 Å². The van der Waals surface area contributed by atoms with Gasteiger partial charge in [-0.3, -0.25) is 9.59 Å². The van der Waals surface area contributed by atoms with Crippen molar-refractivity contribution in [1.82, 2.24) is 4.90 Å². The molecule has 1 aromatic carbocycles. The summed E-state index contributed by atoms with van der Waals surface area (Å²) in [6.07, 6.45) is 0.803. The molecule has 0 saturated carbocycles. The number of carboxylic acid groups (broad SMARTS) is 1. The molecule has 0 aromatic heterocycles. The van der Waals surface area contributed by atoms with E-state index in [2.05, 4.69) is 0 Å². The number of amides is 1.